The minimum absolute atomic E-state index is 0.437. The summed E-state index contributed by atoms with van der Waals surface area (Å²) in [5.74, 6) is 1.61. The van der Waals surface area contributed by atoms with Crippen molar-refractivity contribution in [2.24, 2.45) is 0 Å². The monoisotopic (exact) mass is 329 g/mol. The summed E-state index contributed by atoms with van der Waals surface area (Å²) in [6, 6.07) is 8.01. The molecule has 0 spiro atoms. The lowest BCUT2D eigenvalue weighted by Gasteiger charge is -2.10. The molecule has 1 unspecified atom stereocenters. The summed E-state index contributed by atoms with van der Waals surface area (Å²) in [7, 11) is 0. The highest BCUT2D eigenvalue weighted by atomic mass is 32.1. The molecule has 0 aliphatic carbocycles. The van der Waals surface area contributed by atoms with Crippen LogP contribution >= 0.6 is 11.3 Å². The van der Waals surface area contributed by atoms with Crippen LogP contribution < -0.4 is 10.1 Å². The van der Waals surface area contributed by atoms with Gasteiger partial charge < -0.3 is 15.2 Å². The van der Waals surface area contributed by atoms with E-state index in [4.69, 9.17) is 4.74 Å². The topological polar surface area (TPSA) is 67.3 Å². The van der Waals surface area contributed by atoms with E-state index in [9.17, 15) is 5.11 Å². The average molecular weight is 329 g/mol. The Kier molecular flexibility index (Phi) is 4.73. The van der Waals surface area contributed by atoms with Crippen molar-refractivity contribution in [2.45, 2.75) is 20.0 Å². The van der Waals surface area contributed by atoms with E-state index in [-0.39, 0.29) is 0 Å². The van der Waals surface area contributed by atoms with Crippen LogP contribution in [0.4, 0.5) is 5.82 Å². The van der Waals surface area contributed by atoms with Gasteiger partial charge in [-0.15, -0.1) is 11.3 Å². The lowest BCUT2D eigenvalue weighted by Crippen LogP contribution is -2.16. The van der Waals surface area contributed by atoms with E-state index in [0.717, 1.165) is 32.9 Å². The molecule has 6 heteroatoms. The van der Waals surface area contributed by atoms with Crippen LogP contribution in [0.3, 0.4) is 0 Å². The molecule has 0 aliphatic rings. The molecular weight excluding hydrogens is 310 g/mol. The summed E-state index contributed by atoms with van der Waals surface area (Å²) in [5, 5.41) is 15.8. The number of aromatic nitrogens is 2. The largest absolute Gasteiger partial charge is 0.494 e. The highest BCUT2D eigenvalue weighted by molar-refractivity contribution is 7.17. The first kappa shape index (κ1) is 15.7. The first-order valence-electron chi connectivity index (χ1n) is 7.56. The number of aliphatic hydroxyl groups excluding tert-OH is 1. The van der Waals surface area contributed by atoms with Crippen molar-refractivity contribution in [3.63, 3.8) is 0 Å². The van der Waals surface area contributed by atoms with Gasteiger partial charge in [-0.3, -0.25) is 0 Å². The van der Waals surface area contributed by atoms with Gasteiger partial charge >= 0.3 is 0 Å². The van der Waals surface area contributed by atoms with Gasteiger partial charge in [-0.25, -0.2) is 9.97 Å². The first-order valence-corrected chi connectivity index (χ1v) is 8.44. The first-order chi connectivity index (χ1) is 11.2. The van der Waals surface area contributed by atoms with Crippen LogP contribution in [0.15, 0.2) is 36.0 Å². The molecule has 0 aliphatic heterocycles. The molecule has 0 saturated heterocycles. The summed E-state index contributed by atoms with van der Waals surface area (Å²) in [6.45, 7) is 4.82. The van der Waals surface area contributed by atoms with E-state index in [1.54, 1.807) is 24.6 Å². The molecule has 23 heavy (non-hydrogen) atoms. The summed E-state index contributed by atoms with van der Waals surface area (Å²) >= 11 is 1.59. The van der Waals surface area contributed by atoms with E-state index < -0.39 is 6.10 Å². The van der Waals surface area contributed by atoms with E-state index in [2.05, 4.69) is 20.7 Å². The molecule has 2 N–H and O–H groups in total. The number of hydrogen-bond donors (Lipinski definition) is 2. The smallest absolute Gasteiger partial charge is 0.138 e. The molecule has 0 radical (unpaired) electrons. The summed E-state index contributed by atoms with van der Waals surface area (Å²) in [6.07, 6.45) is 1.11. The van der Waals surface area contributed by atoms with Crippen molar-refractivity contribution in [3.8, 4) is 16.9 Å². The molecule has 0 fully saturated rings. The van der Waals surface area contributed by atoms with Crippen molar-refractivity contribution >= 4 is 27.4 Å². The number of thiophene rings is 1. The number of nitrogens with one attached hydrogen (secondary N) is 1. The fourth-order valence-corrected chi connectivity index (χ4v) is 3.28. The van der Waals surface area contributed by atoms with Crippen LogP contribution in [0.1, 0.15) is 13.8 Å². The number of benzene rings is 1. The van der Waals surface area contributed by atoms with Gasteiger partial charge in [-0.05, 0) is 31.5 Å². The van der Waals surface area contributed by atoms with Gasteiger partial charge in [0, 0.05) is 17.5 Å². The zero-order valence-corrected chi connectivity index (χ0v) is 13.9. The number of hydrogen-bond acceptors (Lipinski definition) is 6. The lowest BCUT2D eigenvalue weighted by molar-refractivity contribution is 0.208. The molecule has 3 aromatic rings. The maximum Gasteiger partial charge on any atom is 0.138 e. The van der Waals surface area contributed by atoms with Gasteiger partial charge in [0.25, 0.3) is 0 Å². The predicted molar refractivity (Wildman–Crippen MR) is 94.2 cm³/mol. The zero-order chi connectivity index (χ0) is 16.2. The number of ether oxygens (including phenoxy) is 1. The van der Waals surface area contributed by atoms with Crippen molar-refractivity contribution in [1.82, 2.24) is 9.97 Å². The molecule has 1 atom stereocenters. The Labute approximate surface area is 139 Å². The second-order valence-corrected chi connectivity index (χ2v) is 6.10. The van der Waals surface area contributed by atoms with Crippen LogP contribution in [-0.4, -0.2) is 34.3 Å². The molecular formula is C17H19N3O2S. The van der Waals surface area contributed by atoms with Crippen LogP contribution in [0, 0.1) is 0 Å². The molecule has 2 aromatic heterocycles. The summed E-state index contributed by atoms with van der Waals surface area (Å²) in [5.41, 5.74) is 2.18. The third kappa shape index (κ3) is 3.43. The number of aliphatic hydroxyl groups is 1. The Balaban J connectivity index is 2.00. The Morgan fingerprint density at radius 1 is 1.26 bits per heavy atom. The van der Waals surface area contributed by atoms with Crippen molar-refractivity contribution in [2.75, 3.05) is 18.5 Å². The Morgan fingerprint density at radius 2 is 2.04 bits per heavy atom. The average Bonchev–Trinajstić information content (AvgIpc) is 2.98. The highest BCUT2D eigenvalue weighted by Crippen LogP contribution is 2.36. The second-order valence-electron chi connectivity index (χ2n) is 5.24. The molecule has 0 bridgehead atoms. The molecule has 0 saturated carbocycles. The van der Waals surface area contributed by atoms with Gasteiger partial charge in [-0.2, -0.15) is 0 Å². The summed E-state index contributed by atoms with van der Waals surface area (Å²) in [4.78, 5) is 9.60. The van der Waals surface area contributed by atoms with E-state index >= 15 is 0 Å². The lowest BCUT2D eigenvalue weighted by atomic mass is 10.1. The van der Waals surface area contributed by atoms with Crippen LogP contribution in [0.2, 0.25) is 0 Å². The predicted octanol–water partition coefficient (Wildman–Crippen LogP) is 3.55. The van der Waals surface area contributed by atoms with Crippen molar-refractivity contribution in [3.05, 3.63) is 36.0 Å². The fourth-order valence-electron chi connectivity index (χ4n) is 2.36. The van der Waals surface area contributed by atoms with E-state index in [1.165, 1.54) is 0 Å². The van der Waals surface area contributed by atoms with Crippen molar-refractivity contribution < 1.29 is 9.84 Å². The SMILES string of the molecule is CCOc1ccc(-c2csc3ncnc(NCC(C)O)c23)cc1. The fraction of sp³-hybridized carbons (Fsp3) is 0.294. The van der Waals surface area contributed by atoms with Crippen molar-refractivity contribution in [1.29, 1.82) is 0 Å². The van der Waals surface area contributed by atoms with Gasteiger partial charge in [0.05, 0.1) is 18.1 Å². The van der Waals surface area contributed by atoms with Gasteiger partial charge in [0.15, 0.2) is 0 Å². The van der Waals surface area contributed by atoms with E-state index in [1.807, 2.05) is 31.2 Å². The molecule has 120 valence electrons. The standard InChI is InChI=1S/C17H19N3O2S/c1-3-22-13-6-4-12(5-7-13)14-9-23-17-15(14)16(19-10-20-17)18-8-11(2)21/h4-7,9-11,21H,3,8H2,1-2H3,(H,18,19,20). The molecule has 3 rings (SSSR count). The van der Waals surface area contributed by atoms with Crippen LogP contribution in [0.25, 0.3) is 21.3 Å². The Morgan fingerprint density at radius 3 is 2.74 bits per heavy atom. The van der Waals surface area contributed by atoms with Crippen LogP contribution in [-0.2, 0) is 0 Å². The number of rotatable bonds is 6. The third-order valence-electron chi connectivity index (χ3n) is 3.41. The second kappa shape index (κ2) is 6.93. The number of nitrogens with zero attached hydrogens (tertiary/aromatic N) is 2. The Hall–Kier alpha value is -2.18. The minimum Gasteiger partial charge on any atom is -0.494 e. The molecule has 5 nitrogen and oxygen atoms in total. The molecule has 1 aromatic carbocycles. The van der Waals surface area contributed by atoms with Gasteiger partial charge in [-0.1, -0.05) is 12.1 Å². The number of fused-ring (bicyclic) bond motifs is 1. The maximum absolute atomic E-state index is 9.49. The minimum atomic E-state index is -0.437. The Bertz CT molecular complexity index is 784. The summed E-state index contributed by atoms with van der Waals surface area (Å²) < 4.78 is 5.49. The maximum atomic E-state index is 9.49. The van der Waals surface area contributed by atoms with Crippen LogP contribution in [0.5, 0.6) is 5.75 Å². The highest BCUT2D eigenvalue weighted by Gasteiger charge is 2.13. The quantitative estimate of drug-likeness (QED) is 0.724. The van der Waals surface area contributed by atoms with Gasteiger partial charge in [0.2, 0.25) is 0 Å². The zero-order valence-electron chi connectivity index (χ0n) is 13.1. The normalized spacial score (nSPS) is 12.3. The van der Waals surface area contributed by atoms with Gasteiger partial charge in [0.1, 0.15) is 22.7 Å². The molecule has 2 heterocycles. The molecule has 0 amide bonds. The van der Waals surface area contributed by atoms with E-state index in [0.29, 0.717) is 13.2 Å². The number of anilines is 1. The third-order valence-corrected chi connectivity index (χ3v) is 4.30.